The van der Waals surface area contributed by atoms with Crippen LogP contribution in [0.3, 0.4) is 0 Å². The molecular weight excluding hydrogens is 706 g/mol. The average Bonchev–Trinajstić information content (AvgIpc) is 3.59. The molecule has 0 atom stereocenters. The van der Waals surface area contributed by atoms with Crippen molar-refractivity contribution in [1.82, 2.24) is 0 Å². The molecule has 0 N–H and O–H groups in total. The predicted molar refractivity (Wildman–Crippen MR) is 219 cm³/mol. The summed E-state index contributed by atoms with van der Waals surface area (Å²) in [5.74, 6) is 1.92. The molecule has 2 aromatic carbocycles. The third-order valence-electron chi connectivity index (χ3n) is 12.1. The molecule has 1 heterocycles. The topological polar surface area (TPSA) is 6.48 Å². The first-order valence-corrected chi connectivity index (χ1v) is 22.1. The Bertz CT molecular complexity index is 1130. The van der Waals surface area contributed by atoms with Gasteiger partial charge < -0.3 is 9.80 Å². The Labute approximate surface area is 318 Å². The number of para-hydroxylation sites is 2. The zero-order valence-electron chi connectivity index (χ0n) is 32.6. The first-order chi connectivity index (χ1) is 23.2. The normalized spacial score (nSPS) is 19.7. The van der Waals surface area contributed by atoms with Gasteiger partial charge in [-0.1, -0.05) is 111 Å². The molecule has 4 heteroatoms. The number of hydrogen-bond acceptors (Lipinski definition) is 2. The van der Waals surface area contributed by atoms with E-state index in [1.54, 1.807) is 96.3 Å². The second kappa shape index (κ2) is 19.6. The molecule has 6 rings (SSSR count). The van der Waals surface area contributed by atoms with Crippen LogP contribution in [-0.4, -0.2) is 17.0 Å². The van der Waals surface area contributed by atoms with Crippen molar-refractivity contribution in [3.63, 3.8) is 0 Å². The van der Waals surface area contributed by atoms with E-state index in [-0.39, 0.29) is 28.3 Å². The maximum atomic E-state index is 2.33. The second-order valence-corrected chi connectivity index (χ2v) is 20.4. The molecule has 3 fully saturated rings. The zero-order chi connectivity index (χ0) is 34.2. The molecule has 3 aliphatic carbocycles. The van der Waals surface area contributed by atoms with Gasteiger partial charge in [0.1, 0.15) is 0 Å². The number of benzene rings is 2. The van der Waals surface area contributed by atoms with Crippen molar-refractivity contribution in [2.75, 3.05) is 9.80 Å². The summed E-state index contributed by atoms with van der Waals surface area (Å²) in [6.07, 6.45) is 28.2. The summed E-state index contributed by atoms with van der Waals surface area (Å²) < 4.78 is 0. The summed E-state index contributed by atoms with van der Waals surface area (Å²) in [5.41, 5.74) is 12.0. The van der Waals surface area contributed by atoms with Crippen LogP contribution >= 0.6 is 7.92 Å². The number of rotatable bonds is 9. The molecule has 0 aromatic heterocycles. The van der Waals surface area contributed by atoms with Crippen LogP contribution in [-0.2, 0) is 20.4 Å². The molecule has 4 aliphatic rings. The van der Waals surface area contributed by atoms with Gasteiger partial charge in [-0.2, -0.15) is 0 Å². The molecule has 2 aromatic rings. The number of nitrogens with zero attached hydrogens (tertiary/aromatic N) is 2. The van der Waals surface area contributed by atoms with Crippen LogP contribution < -0.4 is 9.80 Å². The number of hydrogen-bond donors (Lipinski definition) is 0. The van der Waals surface area contributed by atoms with Crippen molar-refractivity contribution >= 4 is 19.3 Å². The molecule has 2 nitrogen and oxygen atoms in total. The van der Waals surface area contributed by atoms with Gasteiger partial charge in [0.2, 0.25) is 0 Å². The minimum atomic E-state index is -0.0465. The van der Waals surface area contributed by atoms with Crippen LogP contribution in [0.5, 0.6) is 0 Å². The molecule has 3 saturated carbocycles. The predicted octanol–water partition coefficient (Wildman–Crippen LogP) is 13.8. The minimum absolute atomic E-state index is 0. The fourth-order valence-electron chi connectivity index (χ4n) is 9.55. The van der Waals surface area contributed by atoms with Crippen molar-refractivity contribution in [1.29, 1.82) is 0 Å². The van der Waals surface area contributed by atoms with Crippen molar-refractivity contribution in [3.8, 4) is 0 Å². The summed E-state index contributed by atoms with van der Waals surface area (Å²) in [7, 11) is -0.0465. The van der Waals surface area contributed by atoms with Gasteiger partial charge in [0.05, 0.1) is 17.0 Å². The van der Waals surface area contributed by atoms with Crippen molar-refractivity contribution in [2.45, 2.75) is 192 Å². The van der Waals surface area contributed by atoms with E-state index in [2.05, 4.69) is 121 Å². The van der Waals surface area contributed by atoms with Gasteiger partial charge in [-0.25, -0.2) is 0 Å². The maximum absolute atomic E-state index is 2.33. The molecule has 0 saturated heterocycles. The van der Waals surface area contributed by atoms with Crippen LogP contribution in [0.2, 0.25) is 0 Å². The van der Waals surface area contributed by atoms with E-state index >= 15 is 0 Å². The fourth-order valence-corrected chi connectivity index (χ4v) is 14.8. The van der Waals surface area contributed by atoms with Crippen molar-refractivity contribution in [3.05, 3.63) is 77.7 Å². The van der Waals surface area contributed by atoms with Gasteiger partial charge in [0, 0.05) is 19.3 Å². The van der Waals surface area contributed by atoms with E-state index in [1.165, 1.54) is 50.6 Å². The van der Waals surface area contributed by atoms with E-state index in [0.29, 0.717) is 23.7 Å². The summed E-state index contributed by atoms with van der Waals surface area (Å²) in [6, 6.07) is 13.5. The third kappa shape index (κ3) is 10.3. The van der Waals surface area contributed by atoms with Crippen molar-refractivity contribution < 1.29 is 20.4 Å². The second-order valence-electron chi connectivity index (χ2n) is 16.9. The van der Waals surface area contributed by atoms with Crippen LogP contribution in [0.15, 0.2) is 48.8 Å². The monoisotopic (exact) mass is 778 g/mol. The van der Waals surface area contributed by atoms with Gasteiger partial charge in [0.25, 0.3) is 0 Å². The molecule has 0 amide bonds. The van der Waals surface area contributed by atoms with Gasteiger partial charge >= 0.3 is 20.4 Å². The Morgan fingerprint density at radius 1 is 0.469 bits per heavy atom. The molecular formula is C45H73N2PPd. The summed E-state index contributed by atoms with van der Waals surface area (Å²) in [5, 5.41) is 0. The summed E-state index contributed by atoms with van der Waals surface area (Å²) >= 11 is 0. The Hall–Kier alpha value is -1.13. The van der Waals surface area contributed by atoms with Crippen LogP contribution in [0.25, 0.3) is 0 Å². The summed E-state index contributed by atoms with van der Waals surface area (Å²) in [4.78, 5) is 4.65. The van der Waals surface area contributed by atoms with E-state index in [4.69, 9.17) is 0 Å². The average molecular weight is 779 g/mol. The Balaban J connectivity index is 0.000000234. The molecule has 0 unspecified atom stereocenters. The number of anilines is 2. The molecule has 49 heavy (non-hydrogen) atoms. The first-order valence-electron chi connectivity index (χ1n) is 20.4. The van der Waals surface area contributed by atoms with Crippen LogP contribution in [0.1, 0.15) is 198 Å². The Kier molecular flexibility index (Phi) is 16.3. The molecule has 0 bridgehead atoms. The quantitative estimate of drug-likeness (QED) is 0.142. The van der Waals surface area contributed by atoms with E-state index in [9.17, 15) is 0 Å². The van der Waals surface area contributed by atoms with Crippen LogP contribution in [0.4, 0.5) is 11.4 Å². The fraction of sp³-hybridized carbons (Fsp3) is 0.667. The Morgan fingerprint density at radius 3 is 0.980 bits per heavy atom. The zero-order valence-corrected chi connectivity index (χ0v) is 35.3. The van der Waals surface area contributed by atoms with Gasteiger partial charge in [-0.3, -0.25) is 0 Å². The summed E-state index contributed by atoms with van der Waals surface area (Å²) in [6.45, 7) is 20.5. The third-order valence-corrected chi connectivity index (χ3v) is 16.6. The van der Waals surface area contributed by atoms with Gasteiger partial charge in [0.15, 0.2) is 0 Å². The van der Waals surface area contributed by atoms with E-state index in [0.717, 1.165) is 0 Å². The standard InChI is InChI=1S/C27H37N2.C18H33P.Pd.2H/c1-18(2)22-11-9-12-23(19(3)4)26(22)28-15-16-29(17-28)27-24(20(5)6)13-10-14-25(27)21(7)8;1-4-10-16(11-5-1)19(17-12-6-2-7-13-17)18-14-8-3-9-15-18;;;/h9-21H,1-8H3;16-18H,1-15H2;;;/q-1;;;;/p+1. The molecule has 0 spiro atoms. The van der Waals surface area contributed by atoms with E-state index < -0.39 is 0 Å². The molecule has 1 aliphatic heterocycles. The first kappa shape index (κ1) is 40.6. The van der Waals surface area contributed by atoms with Gasteiger partial charge in [-0.05, 0) is 135 Å². The van der Waals surface area contributed by atoms with E-state index in [1.807, 2.05) is 0 Å². The molecule has 278 valence electrons. The SMILES string of the molecule is C1CCC([PH+](C2CCCCC2)C2CCCCC2)CC1.CC(C)c1cccc(C(C)C)c1N1C=CN(c2c(C(C)C)cccc2C(C)C)[CH-]1.[PdH2]. The van der Waals surface area contributed by atoms with Gasteiger partial charge in [-0.15, -0.1) is 6.67 Å². The van der Waals surface area contributed by atoms with Crippen LogP contribution in [0, 0.1) is 6.67 Å². The van der Waals surface area contributed by atoms with Crippen molar-refractivity contribution in [2.24, 2.45) is 0 Å². The Morgan fingerprint density at radius 2 is 0.735 bits per heavy atom. The molecule has 0 radical (unpaired) electrons.